The summed E-state index contributed by atoms with van der Waals surface area (Å²) in [6.45, 7) is 1.48. The lowest BCUT2D eigenvalue weighted by Crippen LogP contribution is -2.15. The second kappa shape index (κ2) is 6.56. The van der Waals surface area contributed by atoms with E-state index in [0.29, 0.717) is 0 Å². The van der Waals surface area contributed by atoms with Gasteiger partial charge in [-0.25, -0.2) is 22.0 Å². The first kappa shape index (κ1) is 17.9. The number of esters is 1. The van der Waals surface area contributed by atoms with Crippen LogP contribution in [0.15, 0.2) is 29.3 Å². The van der Waals surface area contributed by atoms with Crippen molar-refractivity contribution in [2.24, 2.45) is 7.05 Å². The number of carbonyl (C=O) groups is 1. The van der Waals surface area contributed by atoms with E-state index in [1.807, 2.05) is 0 Å². The number of hydrogen-bond donors (Lipinski definition) is 1. The molecule has 2 aromatic rings. The zero-order chi connectivity index (χ0) is 18.1. The van der Waals surface area contributed by atoms with E-state index in [1.165, 1.54) is 39.3 Å². The van der Waals surface area contributed by atoms with Gasteiger partial charge in [0, 0.05) is 13.2 Å². The number of carbonyl (C=O) groups excluding carboxylic acids is 1. The maximum atomic E-state index is 12.9. The molecular weight excluding hydrogens is 344 g/mol. The third-order valence-electron chi connectivity index (χ3n) is 3.19. The minimum atomic E-state index is -4.12. The van der Waals surface area contributed by atoms with Crippen molar-refractivity contribution in [2.75, 3.05) is 11.8 Å². The number of benzene rings is 1. The van der Waals surface area contributed by atoms with Gasteiger partial charge >= 0.3 is 5.97 Å². The SMILES string of the molecule is COC(=O)c1ccc(S(=O)(=O)Nc2cn(C)nc2C(F)F)c(C)c1. The largest absolute Gasteiger partial charge is 0.465 e. The van der Waals surface area contributed by atoms with Crippen LogP contribution < -0.4 is 4.72 Å². The van der Waals surface area contributed by atoms with Gasteiger partial charge in [-0.2, -0.15) is 5.10 Å². The van der Waals surface area contributed by atoms with E-state index in [2.05, 4.69) is 14.6 Å². The summed E-state index contributed by atoms with van der Waals surface area (Å²) in [5.74, 6) is -0.609. The molecule has 0 aliphatic heterocycles. The van der Waals surface area contributed by atoms with Crippen molar-refractivity contribution < 1.29 is 26.7 Å². The molecule has 7 nitrogen and oxygen atoms in total. The van der Waals surface area contributed by atoms with Gasteiger partial charge in [0.2, 0.25) is 0 Å². The minimum absolute atomic E-state index is 0.140. The fraction of sp³-hybridized carbons (Fsp3) is 0.286. The molecule has 0 saturated heterocycles. The average molecular weight is 359 g/mol. The number of rotatable bonds is 5. The molecule has 0 aliphatic rings. The van der Waals surface area contributed by atoms with Crippen LogP contribution in [0.4, 0.5) is 14.5 Å². The quantitative estimate of drug-likeness (QED) is 0.827. The summed E-state index contributed by atoms with van der Waals surface area (Å²) in [5, 5.41) is 3.54. The van der Waals surface area contributed by atoms with Crippen LogP contribution in [0.25, 0.3) is 0 Å². The van der Waals surface area contributed by atoms with Gasteiger partial charge in [0.1, 0.15) is 0 Å². The zero-order valence-corrected chi connectivity index (χ0v) is 13.9. The molecule has 0 atom stereocenters. The molecule has 1 N–H and O–H groups in total. The summed E-state index contributed by atoms with van der Waals surface area (Å²) in [6.07, 6.45) is -1.77. The number of sulfonamides is 1. The van der Waals surface area contributed by atoms with Gasteiger partial charge in [0.25, 0.3) is 16.4 Å². The Morgan fingerprint density at radius 2 is 2.04 bits per heavy atom. The predicted molar refractivity (Wildman–Crippen MR) is 81.5 cm³/mol. The highest BCUT2D eigenvalue weighted by molar-refractivity contribution is 7.92. The number of anilines is 1. The van der Waals surface area contributed by atoms with E-state index in [1.54, 1.807) is 0 Å². The fourth-order valence-electron chi connectivity index (χ4n) is 2.14. The van der Waals surface area contributed by atoms with Crippen molar-refractivity contribution in [2.45, 2.75) is 18.2 Å². The highest BCUT2D eigenvalue weighted by Gasteiger charge is 2.24. The van der Waals surface area contributed by atoms with Crippen LogP contribution in [0.3, 0.4) is 0 Å². The first-order valence-electron chi connectivity index (χ1n) is 6.69. The number of nitrogens with zero attached hydrogens (tertiary/aromatic N) is 2. The number of ether oxygens (including phenoxy) is 1. The molecule has 0 amide bonds. The van der Waals surface area contributed by atoms with Gasteiger partial charge in [0.15, 0.2) is 5.69 Å². The normalized spacial score (nSPS) is 11.6. The maximum absolute atomic E-state index is 12.9. The molecular formula is C14H15F2N3O4S. The maximum Gasteiger partial charge on any atom is 0.337 e. The van der Waals surface area contributed by atoms with Crippen molar-refractivity contribution in [3.63, 3.8) is 0 Å². The van der Waals surface area contributed by atoms with Crippen molar-refractivity contribution >= 4 is 21.7 Å². The molecule has 0 spiro atoms. The number of methoxy groups -OCH3 is 1. The number of aromatic nitrogens is 2. The first-order chi connectivity index (χ1) is 11.2. The van der Waals surface area contributed by atoms with Gasteiger partial charge in [0.05, 0.1) is 23.3 Å². The monoisotopic (exact) mass is 359 g/mol. The Bertz CT molecular complexity index is 878. The van der Waals surface area contributed by atoms with Crippen molar-refractivity contribution in [3.05, 3.63) is 41.2 Å². The molecule has 130 valence electrons. The van der Waals surface area contributed by atoms with Crippen LogP contribution in [0.2, 0.25) is 0 Å². The van der Waals surface area contributed by atoms with Crippen LogP contribution >= 0.6 is 0 Å². The van der Waals surface area contributed by atoms with E-state index < -0.39 is 28.1 Å². The Morgan fingerprint density at radius 3 is 2.58 bits per heavy atom. The molecule has 1 heterocycles. The van der Waals surface area contributed by atoms with E-state index >= 15 is 0 Å². The van der Waals surface area contributed by atoms with Crippen LogP contribution in [-0.2, 0) is 21.8 Å². The molecule has 0 fully saturated rings. The standard InChI is InChI=1S/C14H15F2N3O4S/c1-8-6-9(14(20)23-3)4-5-11(8)24(21,22)18-10-7-19(2)17-12(10)13(15)16/h4-7,13,18H,1-3H3. The Kier molecular flexibility index (Phi) is 4.88. The second-order valence-electron chi connectivity index (χ2n) is 4.98. The summed E-state index contributed by atoms with van der Waals surface area (Å²) in [6, 6.07) is 3.84. The van der Waals surface area contributed by atoms with Crippen LogP contribution in [0.1, 0.15) is 28.0 Å². The first-order valence-corrected chi connectivity index (χ1v) is 8.17. The van der Waals surface area contributed by atoms with Gasteiger partial charge < -0.3 is 4.74 Å². The van der Waals surface area contributed by atoms with Gasteiger partial charge in [-0.15, -0.1) is 0 Å². The number of nitrogens with one attached hydrogen (secondary N) is 1. The van der Waals surface area contributed by atoms with Gasteiger partial charge in [-0.1, -0.05) is 0 Å². The van der Waals surface area contributed by atoms with E-state index in [-0.39, 0.29) is 21.7 Å². The molecule has 10 heteroatoms. The average Bonchev–Trinajstić information content (AvgIpc) is 2.86. The third-order valence-corrected chi connectivity index (χ3v) is 4.72. The summed E-state index contributed by atoms with van der Waals surface area (Å²) in [7, 11) is -1.52. The summed E-state index contributed by atoms with van der Waals surface area (Å²) >= 11 is 0. The molecule has 0 unspecified atom stereocenters. The Balaban J connectivity index is 2.40. The summed E-state index contributed by atoms with van der Waals surface area (Å²) < 4.78 is 58.5. The number of aryl methyl sites for hydroxylation is 2. The molecule has 0 bridgehead atoms. The van der Waals surface area contributed by atoms with Crippen molar-refractivity contribution in [3.8, 4) is 0 Å². The topological polar surface area (TPSA) is 90.3 Å². The van der Waals surface area contributed by atoms with Crippen molar-refractivity contribution in [1.29, 1.82) is 0 Å². The van der Waals surface area contributed by atoms with Gasteiger partial charge in [-0.3, -0.25) is 9.40 Å². The third kappa shape index (κ3) is 3.53. The van der Waals surface area contributed by atoms with Gasteiger partial charge in [-0.05, 0) is 30.7 Å². The number of halogens is 2. The Labute approximate surface area is 137 Å². The smallest absolute Gasteiger partial charge is 0.337 e. The lowest BCUT2D eigenvalue weighted by molar-refractivity contribution is 0.0600. The molecule has 0 aliphatic carbocycles. The van der Waals surface area contributed by atoms with Crippen LogP contribution in [0, 0.1) is 6.92 Å². The van der Waals surface area contributed by atoms with Crippen LogP contribution in [-0.4, -0.2) is 31.3 Å². The fourth-order valence-corrected chi connectivity index (χ4v) is 3.43. The molecule has 0 saturated carbocycles. The molecule has 0 radical (unpaired) electrons. The van der Waals surface area contributed by atoms with Crippen LogP contribution in [0.5, 0.6) is 0 Å². The number of hydrogen-bond acceptors (Lipinski definition) is 5. The Morgan fingerprint density at radius 1 is 1.38 bits per heavy atom. The lowest BCUT2D eigenvalue weighted by atomic mass is 10.1. The number of alkyl halides is 2. The highest BCUT2D eigenvalue weighted by atomic mass is 32.2. The molecule has 24 heavy (non-hydrogen) atoms. The van der Waals surface area contributed by atoms with E-state index in [9.17, 15) is 22.0 Å². The second-order valence-corrected chi connectivity index (χ2v) is 6.63. The van der Waals surface area contributed by atoms with Crippen molar-refractivity contribution in [1.82, 2.24) is 9.78 Å². The summed E-state index contributed by atoms with van der Waals surface area (Å²) in [4.78, 5) is 11.3. The Hall–Kier alpha value is -2.49. The molecule has 1 aromatic carbocycles. The zero-order valence-electron chi connectivity index (χ0n) is 13.1. The highest BCUT2D eigenvalue weighted by Crippen LogP contribution is 2.28. The lowest BCUT2D eigenvalue weighted by Gasteiger charge is -2.11. The molecule has 2 rings (SSSR count). The van der Waals surface area contributed by atoms with E-state index in [0.717, 1.165) is 10.9 Å². The minimum Gasteiger partial charge on any atom is -0.465 e. The molecule has 1 aromatic heterocycles. The summed E-state index contributed by atoms with van der Waals surface area (Å²) in [5.41, 5.74) is -0.509. The predicted octanol–water partition coefficient (Wildman–Crippen LogP) is 2.25. The van der Waals surface area contributed by atoms with E-state index in [4.69, 9.17) is 0 Å².